The summed E-state index contributed by atoms with van der Waals surface area (Å²) >= 11 is 1.14. The first-order valence-corrected chi connectivity index (χ1v) is 10.8. The molecule has 0 spiro atoms. The zero-order valence-electron chi connectivity index (χ0n) is 17.5. The van der Waals surface area contributed by atoms with E-state index < -0.39 is 10.8 Å². The van der Waals surface area contributed by atoms with E-state index >= 15 is 0 Å². The lowest BCUT2D eigenvalue weighted by molar-refractivity contribution is -0.384. The number of nitrogens with one attached hydrogen (secondary N) is 2. The molecule has 4 aromatic rings. The van der Waals surface area contributed by atoms with Crippen LogP contribution in [0, 0.1) is 10.1 Å². The number of rotatable bonds is 7. The van der Waals surface area contributed by atoms with Crippen molar-refractivity contribution in [3.8, 4) is 10.6 Å². The van der Waals surface area contributed by atoms with Crippen LogP contribution in [0.4, 0.5) is 16.5 Å². The van der Waals surface area contributed by atoms with Gasteiger partial charge in [0.15, 0.2) is 0 Å². The van der Waals surface area contributed by atoms with Gasteiger partial charge in [0.1, 0.15) is 5.01 Å². The molecule has 4 rings (SSSR count). The standard InChI is InChI=1S/C24H17N5O4S/c30-21(14-9-16-5-2-1-3-6-16)25-19-8-4-7-18(15-19)22(31)26-24-28-27-23(34-24)17-10-12-20(13-11-17)29(32)33/h1-15H,(H,25,30)(H,26,28,31)/b14-9+. The zero-order valence-corrected chi connectivity index (χ0v) is 18.4. The van der Waals surface area contributed by atoms with E-state index in [-0.39, 0.29) is 16.7 Å². The van der Waals surface area contributed by atoms with Gasteiger partial charge in [-0.15, -0.1) is 10.2 Å². The molecule has 168 valence electrons. The zero-order chi connectivity index (χ0) is 23.9. The SMILES string of the molecule is O=C(/C=C/c1ccccc1)Nc1cccc(C(=O)Nc2nnc(-c3ccc([N+](=O)[O-])cc3)s2)c1. The number of nitrogens with zero attached hydrogens (tertiary/aromatic N) is 3. The Morgan fingerprint density at radius 3 is 2.41 bits per heavy atom. The molecule has 0 bridgehead atoms. The Hall–Kier alpha value is -4.70. The number of benzene rings is 3. The number of non-ortho nitro benzene ring substituents is 1. The molecule has 10 heteroatoms. The van der Waals surface area contributed by atoms with Crippen LogP contribution in [-0.2, 0) is 4.79 Å². The summed E-state index contributed by atoms with van der Waals surface area (Å²) in [6.07, 6.45) is 3.12. The van der Waals surface area contributed by atoms with Crippen LogP contribution in [0.5, 0.6) is 0 Å². The lowest BCUT2D eigenvalue weighted by Gasteiger charge is -2.05. The summed E-state index contributed by atoms with van der Waals surface area (Å²) in [6.45, 7) is 0. The highest BCUT2D eigenvalue weighted by molar-refractivity contribution is 7.18. The molecule has 1 aromatic heterocycles. The number of carbonyl (C=O) groups excluding carboxylic acids is 2. The maximum absolute atomic E-state index is 12.7. The third-order valence-electron chi connectivity index (χ3n) is 4.59. The molecule has 0 aliphatic carbocycles. The van der Waals surface area contributed by atoms with Crippen LogP contribution >= 0.6 is 11.3 Å². The van der Waals surface area contributed by atoms with Crippen molar-refractivity contribution in [2.24, 2.45) is 0 Å². The molecule has 0 radical (unpaired) electrons. The lowest BCUT2D eigenvalue weighted by Crippen LogP contribution is -2.13. The largest absolute Gasteiger partial charge is 0.322 e. The van der Waals surface area contributed by atoms with Gasteiger partial charge < -0.3 is 5.32 Å². The van der Waals surface area contributed by atoms with Crippen LogP contribution in [0.15, 0.2) is 84.9 Å². The van der Waals surface area contributed by atoms with Crippen molar-refractivity contribution < 1.29 is 14.5 Å². The van der Waals surface area contributed by atoms with Crippen LogP contribution in [0.25, 0.3) is 16.6 Å². The Morgan fingerprint density at radius 2 is 1.68 bits per heavy atom. The number of hydrogen-bond donors (Lipinski definition) is 2. The van der Waals surface area contributed by atoms with Crippen molar-refractivity contribution in [3.05, 3.63) is 106 Å². The average Bonchev–Trinajstić information content (AvgIpc) is 3.32. The highest BCUT2D eigenvalue weighted by atomic mass is 32.1. The predicted molar refractivity (Wildman–Crippen MR) is 131 cm³/mol. The van der Waals surface area contributed by atoms with Crippen LogP contribution < -0.4 is 10.6 Å². The molecule has 0 unspecified atom stereocenters. The summed E-state index contributed by atoms with van der Waals surface area (Å²) in [5.41, 5.74) is 2.33. The van der Waals surface area contributed by atoms with Gasteiger partial charge in [0.25, 0.3) is 11.6 Å². The fourth-order valence-electron chi connectivity index (χ4n) is 2.94. The summed E-state index contributed by atoms with van der Waals surface area (Å²) < 4.78 is 0. The molecule has 0 saturated carbocycles. The number of nitro benzene ring substituents is 1. The number of nitro groups is 1. The molecule has 2 amide bonds. The van der Waals surface area contributed by atoms with E-state index in [0.717, 1.165) is 16.9 Å². The highest BCUT2D eigenvalue weighted by Gasteiger charge is 2.13. The maximum atomic E-state index is 12.7. The van der Waals surface area contributed by atoms with Gasteiger partial charge in [0.05, 0.1) is 4.92 Å². The van der Waals surface area contributed by atoms with E-state index in [2.05, 4.69) is 20.8 Å². The Kier molecular flexibility index (Phi) is 6.80. The Bertz CT molecular complexity index is 1370. The Labute approximate surface area is 197 Å². The van der Waals surface area contributed by atoms with E-state index in [4.69, 9.17) is 0 Å². The van der Waals surface area contributed by atoms with Crippen molar-refractivity contribution in [2.45, 2.75) is 0 Å². The van der Waals surface area contributed by atoms with Gasteiger partial charge in [0, 0.05) is 35.0 Å². The van der Waals surface area contributed by atoms with E-state index in [1.807, 2.05) is 30.3 Å². The van der Waals surface area contributed by atoms with Crippen molar-refractivity contribution in [3.63, 3.8) is 0 Å². The minimum absolute atomic E-state index is 0.0238. The quantitative estimate of drug-likeness (QED) is 0.221. The summed E-state index contributed by atoms with van der Waals surface area (Å²) in [5.74, 6) is -0.736. The normalized spacial score (nSPS) is 10.7. The van der Waals surface area contributed by atoms with Crippen molar-refractivity contribution in [1.29, 1.82) is 0 Å². The fourth-order valence-corrected chi connectivity index (χ4v) is 3.69. The number of carbonyl (C=O) groups is 2. The molecular formula is C24H17N5O4S. The second-order valence-corrected chi connectivity index (χ2v) is 7.96. The summed E-state index contributed by atoms with van der Waals surface area (Å²) in [7, 11) is 0. The minimum atomic E-state index is -0.481. The first kappa shape index (κ1) is 22.5. The van der Waals surface area contributed by atoms with Gasteiger partial charge in [-0.25, -0.2) is 0 Å². The van der Waals surface area contributed by atoms with Crippen LogP contribution in [0.2, 0.25) is 0 Å². The van der Waals surface area contributed by atoms with Crippen molar-refractivity contribution in [1.82, 2.24) is 10.2 Å². The molecule has 1 heterocycles. The van der Waals surface area contributed by atoms with Gasteiger partial charge in [-0.3, -0.25) is 25.0 Å². The topological polar surface area (TPSA) is 127 Å². The second kappa shape index (κ2) is 10.3. The monoisotopic (exact) mass is 471 g/mol. The van der Waals surface area contributed by atoms with Crippen LogP contribution in [-0.4, -0.2) is 26.9 Å². The molecule has 0 atom stereocenters. The minimum Gasteiger partial charge on any atom is -0.322 e. The average molecular weight is 471 g/mol. The van der Waals surface area contributed by atoms with Crippen LogP contribution in [0.3, 0.4) is 0 Å². The summed E-state index contributed by atoms with van der Waals surface area (Å²) in [5, 5.41) is 25.0. The molecule has 3 aromatic carbocycles. The number of aromatic nitrogens is 2. The van der Waals surface area contributed by atoms with Crippen LogP contribution in [0.1, 0.15) is 15.9 Å². The molecule has 0 fully saturated rings. The molecule has 2 N–H and O–H groups in total. The first-order valence-electron chi connectivity index (χ1n) is 10.0. The van der Waals surface area contributed by atoms with E-state index in [9.17, 15) is 19.7 Å². The number of anilines is 2. The van der Waals surface area contributed by atoms with Gasteiger partial charge in [0.2, 0.25) is 11.0 Å². The predicted octanol–water partition coefficient (Wildman–Crippen LogP) is 5.02. The Morgan fingerprint density at radius 1 is 0.912 bits per heavy atom. The highest BCUT2D eigenvalue weighted by Crippen LogP contribution is 2.28. The smallest absolute Gasteiger partial charge is 0.269 e. The van der Waals surface area contributed by atoms with E-state index in [1.54, 1.807) is 42.5 Å². The van der Waals surface area contributed by atoms with Crippen molar-refractivity contribution in [2.75, 3.05) is 10.6 Å². The third kappa shape index (κ3) is 5.75. The van der Waals surface area contributed by atoms with E-state index in [0.29, 0.717) is 21.8 Å². The molecule has 9 nitrogen and oxygen atoms in total. The Balaban J connectivity index is 1.39. The van der Waals surface area contributed by atoms with Crippen molar-refractivity contribution >= 4 is 45.7 Å². The molecule has 0 saturated heterocycles. The first-order chi connectivity index (χ1) is 16.5. The fraction of sp³-hybridized carbons (Fsp3) is 0. The van der Waals surface area contributed by atoms with Gasteiger partial charge in [-0.1, -0.05) is 47.7 Å². The number of amides is 2. The third-order valence-corrected chi connectivity index (χ3v) is 5.48. The molecule has 0 aliphatic heterocycles. The molecule has 34 heavy (non-hydrogen) atoms. The number of hydrogen-bond acceptors (Lipinski definition) is 7. The molecular weight excluding hydrogens is 454 g/mol. The van der Waals surface area contributed by atoms with Gasteiger partial charge in [-0.2, -0.15) is 0 Å². The second-order valence-electron chi connectivity index (χ2n) is 6.98. The lowest BCUT2D eigenvalue weighted by atomic mass is 10.2. The summed E-state index contributed by atoms with van der Waals surface area (Å²) in [6, 6.07) is 21.8. The van der Waals surface area contributed by atoms with Gasteiger partial charge in [-0.05, 0) is 42.0 Å². The molecule has 0 aliphatic rings. The van der Waals surface area contributed by atoms with E-state index in [1.165, 1.54) is 18.2 Å². The van der Waals surface area contributed by atoms with Gasteiger partial charge >= 0.3 is 0 Å². The summed E-state index contributed by atoms with van der Waals surface area (Å²) in [4.78, 5) is 35.2. The maximum Gasteiger partial charge on any atom is 0.269 e.